The molecule has 2 heterocycles. The standard InChI is InChI=1S/C15H11ClF3N3O3/c1-8(25-14(24)11-4-2-3-5-20-11)13(23)22-12-10(16)6-9(7-21-12)15(17,18)19/h2-8H,1H3,(H,21,22,23)/t8-/m0/s1. The first-order valence-electron chi connectivity index (χ1n) is 6.84. The first-order valence-corrected chi connectivity index (χ1v) is 7.22. The molecule has 1 N–H and O–H groups in total. The first-order chi connectivity index (χ1) is 11.7. The van der Waals surface area contributed by atoms with Gasteiger partial charge in [-0.2, -0.15) is 13.2 Å². The van der Waals surface area contributed by atoms with Gasteiger partial charge in [-0.3, -0.25) is 4.79 Å². The van der Waals surface area contributed by atoms with Gasteiger partial charge in [-0.25, -0.2) is 14.8 Å². The Hall–Kier alpha value is -2.68. The van der Waals surface area contributed by atoms with Gasteiger partial charge < -0.3 is 10.1 Å². The number of nitrogens with one attached hydrogen (secondary N) is 1. The molecule has 10 heteroatoms. The summed E-state index contributed by atoms with van der Waals surface area (Å²) in [6.45, 7) is 1.29. The number of nitrogens with zero attached hydrogens (tertiary/aromatic N) is 2. The minimum Gasteiger partial charge on any atom is -0.448 e. The minimum atomic E-state index is -4.61. The number of aromatic nitrogens is 2. The summed E-state index contributed by atoms with van der Waals surface area (Å²) >= 11 is 5.69. The van der Waals surface area contributed by atoms with E-state index in [9.17, 15) is 22.8 Å². The van der Waals surface area contributed by atoms with E-state index in [1.54, 1.807) is 12.1 Å². The molecular formula is C15H11ClF3N3O3. The topological polar surface area (TPSA) is 81.2 Å². The average Bonchev–Trinajstić information content (AvgIpc) is 2.56. The summed E-state index contributed by atoms with van der Waals surface area (Å²) < 4.78 is 42.6. The number of esters is 1. The first kappa shape index (κ1) is 18.7. The Morgan fingerprint density at radius 1 is 1.28 bits per heavy atom. The zero-order valence-corrected chi connectivity index (χ0v) is 13.4. The highest BCUT2D eigenvalue weighted by Crippen LogP contribution is 2.32. The van der Waals surface area contributed by atoms with E-state index in [0.29, 0.717) is 12.3 Å². The van der Waals surface area contributed by atoms with Crippen molar-refractivity contribution in [2.45, 2.75) is 19.2 Å². The van der Waals surface area contributed by atoms with Crippen molar-refractivity contribution in [2.75, 3.05) is 5.32 Å². The number of hydrogen-bond acceptors (Lipinski definition) is 5. The molecule has 0 spiro atoms. The second-order valence-electron chi connectivity index (χ2n) is 4.80. The molecule has 0 aromatic carbocycles. The van der Waals surface area contributed by atoms with E-state index >= 15 is 0 Å². The van der Waals surface area contributed by atoms with E-state index in [4.69, 9.17) is 16.3 Å². The van der Waals surface area contributed by atoms with Crippen molar-refractivity contribution in [2.24, 2.45) is 0 Å². The maximum atomic E-state index is 12.5. The van der Waals surface area contributed by atoms with Gasteiger partial charge in [0.05, 0.1) is 10.6 Å². The minimum absolute atomic E-state index is 0.00726. The molecule has 25 heavy (non-hydrogen) atoms. The van der Waals surface area contributed by atoms with Gasteiger partial charge in [0.1, 0.15) is 5.69 Å². The third kappa shape index (κ3) is 4.90. The molecule has 1 amide bonds. The van der Waals surface area contributed by atoms with Crippen LogP contribution < -0.4 is 5.32 Å². The number of rotatable bonds is 4. The van der Waals surface area contributed by atoms with Crippen molar-refractivity contribution in [3.05, 3.63) is 52.9 Å². The third-order valence-corrected chi connectivity index (χ3v) is 3.23. The summed E-state index contributed by atoms with van der Waals surface area (Å²) in [4.78, 5) is 31.0. The van der Waals surface area contributed by atoms with Crippen LogP contribution in [0.4, 0.5) is 19.0 Å². The highest BCUT2D eigenvalue weighted by atomic mass is 35.5. The number of alkyl halides is 3. The van der Waals surface area contributed by atoms with E-state index in [0.717, 1.165) is 0 Å². The molecule has 0 aliphatic heterocycles. The molecule has 0 aliphatic rings. The van der Waals surface area contributed by atoms with Crippen molar-refractivity contribution in [1.29, 1.82) is 0 Å². The average molecular weight is 374 g/mol. The molecule has 132 valence electrons. The summed E-state index contributed by atoms with van der Waals surface area (Å²) in [5.41, 5.74) is -1.04. The molecule has 2 aromatic heterocycles. The number of ether oxygens (including phenoxy) is 1. The van der Waals surface area contributed by atoms with Crippen molar-refractivity contribution in [1.82, 2.24) is 9.97 Å². The Morgan fingerprint density at radius 3 is 2.56 bits per heavy atom. The van der Waals surface area contributed by atoms with E-state index < -0.39 is 34.7 Å². The summed E-state index contributed by atoms with van der Waals surface area (Å²) in [6.07, 6.45) is -3.93. The van der Waals surface area contributed by atoms with Crippen molar-refractivity contribution < 1.29 is 27.5 Å². The number of hydrogen-bond donors (Lipinski definition) is 1. The Balaban J connectivity index is 2.03. The van der Waals surface area contributed by atoms with E-state index in [2.05, 4.69) is 15.3 Å². The molecule has 2 aromatic rings. The van der Waals surface area contributed by atoms with Gasteiger partial charge in [-0.1, -0.05) is 17.7 Å². The smallest absolute Gasteiger partial charge is 0.417 e. The lowest BCUT2D eigenvalue weighted by Gasteiger charge is -2.14. The van der Waals surface area contributed by atoms with E-state index in [1.165, 1.54) is 19.2 Å². The van der Waals surface area contributed by atoms with Crippen molar-refractivity contribution in [3.8, 4) is 0 Å². The quantitative estimate of drug-likeness (QED) is 0.831. The largest absolute Gasteiger partial charge is 0.448 e. The van der Waals surface area contributed by atoms with Crippen LogP contribution in [0.1, 0.15) is 23.0 Å². The lowest BCUT2D eigenvalue weighted by molar-refractivity contribution is -0.137. The fourth-order valence-corrected chi connectivity index (χ4v) is 1.87. The number of pyridine rings is 2. The van der Waals surface area contributed by atoms with Crippen LogP contribution in [0, 0.1) is 0 Å². The molecule has 6 nitrogen and oxygen atoms in total. The van der Waals surface area contributed by atoms with Crippen LogP contribution in [-0.4, -0.2) is 27.9 Å². The van der Waals surface area contributed by atoms with Crippen LogP contribution in [0.3, 0.4) is 0 Å². The molecule has 0 aliphatic carbocycles. The Morgan fingerprint density at radius 2 is 2.00 bits per heavy atom. The summed E-state index contributed by atoms with van der Waals surface area (Å²) in [7, 11) is 0. The molecule has 1 atom stereocenters. The second kappa shape index (κ2) is 7.47. The second-order valence-corrected chi connectivity index (χ2v) is 5.21. The lowest BCUT2D eigenvalue weighted by atomic mass is 10.2. The zero-order chi connectivity index (χ0) is 18.6. The number of amides is 1. The number of anilines is 1. The highest BCUT2D eigenvalue weighted by molar-refractivity contribution is 6.33. The molecule has 0 radical (unpaired) electrons. The van der Waals surface area contributed by atoms with Crippen LogP contribution >= 0.6 is 11.6 Å². The van der Waals surface area contributed by atoms with Gasteiger partial charge in [0.2, 0.25) is 0 Å². The molecular weight excluding hydrogens is 363 g/mol. The molecule has 0 saturated heterocycles. The summed E-state index contributed by atoms with van der Waals surface area (Å²) in [5, 5.41) is 1.80. The van der Waals surface area contributed by atoms with Gasteiger partial charge in [0, 0.05) is 12.4 Å². The zero-order valence-electron chi connectivity index (χ0n) is 12.7. The predicted molar refractivity (Wildman–Crippen MR) is 82.0 cm³/mol. The fourth-order valence-electron chi connectivity index (χ4n) is 1.66. The number of carbonyl (C=O) groups is 2. The van der Waals surface area contributed by atoms with Crippen LogP contribution in [0.2, 0.25) is 5.02 Å². The molecule has 0 unspecified atom stereocenters. The third-order valence-electron chi connectivity index (χ3n) is 2.94. The Labute approximate surface area is 145 Å². The SMILES string of the molecule is C[C@H](OC(=O)c1ccccn1)C(=O)Nc1ncc(C(F)(F)F)cc1Cl. The number of halogens is 4. The maximum absolute atomic E-state index is 12.5. The van der Waals surface area contributed by atoms with Gasteiger partial charge >= 0.3 is 12.1 Å². The normalized spacial score (nSPS) is 12.4. The Bertz CT molecular complexity index is 785. The van der Waals surface area contributed by atoms with Crippen molar-refractivity contribution >= 4 is 29.3 Å². The van der Waals surface area contributed by atoms with Crippen LogP contribution in [0.15, 0.2) is 36.7 Å². The molecule has 2 rings (SSSR count). The van der Waals surface area contributed by atoms with E-state index in [-0.39, 0.29) is 11.5 Å². The van der Waals surface area contributed by atoms with Crippen LogP contribution in [0.5, 0.6) is 0 Å². The molecule has 0 saturated carbocycles. The number of carbonyl (C=O) groups excluding carboxylic acids is 2. The van der Waals surface area contributed by atoms with Crippen LogP contribution in [-0.2, 0) is 15.7 Å². The fraction of sp³-hybridized carbons (Fsp3) is 0.200. The van der Waals surface area contributed by atoms with Crippen molar-refractivity contribution in [3.63, 3.8) is 0 Å². The molecule has 0 bridgehead atoms. The van der Waals surface area contributed by atoms with Gasteiger partial charge in [0.15, 0.2) is 11.9 Å². The lowest BCUT2D eigenvalue weighted by Crippen LogP contribution is -2.30. The van der Waals surface area contributed by atoms with Gasteiger partial charge in [0.25, 0.3) is 5.91 Å². The highest BCUT2D eigenvalue weighted by Gasteiger charge is 2.32. The molecule has 0 fully saturated rings. The summed E-state index contributed by atoms with van der Waals surface area (Å²) in [6, 6.07) is 5.21. The Kier molecular flexibility index (Phi) is 5.58. The monoisotopic (exact) mass is 373 g/mol. The van der Waals surface area contributed by atoms with Crippen LogP contribution in [0.25, 0.3) is 0 Å². The van der Waals surface area contributed by atoms with E-state index in [1.807, 2.05) is 0 Å². The predicted octanol–water partition coefficient (Wildman–Crippen LogP) is 3.33. The van der Waals surface area contributed by atoms with Gasteiger partial charge in [-0.15, -0.1) is 0 Å². The summed E-state index contributed by atoms with van der Waals surface area (Å²) in [5.74, 6) is -1.91. The maximum Gasteiger partial charge on any atom is 0.417 e. The van der Waals surface area contributed by atoms with Gasteiger partial charge in [-0.05, 0) is 25.1 Å².